The zero-order chi connectivity index (χ0) is 6.12. The second kappa shape index (κ2) is 25.9. The molecule has 0 bridgehead atoms. The highest BCUT2D eigenvalue weighted by molar-refractivity contribution is 6.40. The van der Waals surface area contributed by atoms with Gasteiger partial charge in [-0.25, -0.2) is 0 Å². The van der Waals surface area contributed by atoms with E-state index in [4.69, 9.17) is 28.3 Å². The van der Waals surface area contributed by atoms with Gasteiger partial charge in [-0.1, -0.05) is 6.92 Å². The quantitative estimate of drug-likeness (QED) is 0.575. The Balaban J connectivity index is -0.0000000575. The summed E-state index contributed by atoms with van der Waals surface area (Å²) in [5, 5.41) is 8.07. The van der Waals surface area contributed by atoms with Crippen molar-refractivity contribution < 1.29 is 10.6 Å². The minimum Gasteiger partial charge on any atom is -0.412 e. The van der Waals surface area contributed by atoms with Gasteiger partial charge in [0.2, 0.25) is 0 Å². The Labute approximate surface area is 59.7 Å². The molecule has 0 aliphatic heterocycles. The smallest absolute Gasteiger partial charge is 0.0967 e. The van der Waals surface area contributed by atoms with Crippen LogP contribution in [0.4, 0.5) is 0 Å². The molecule has 8 heavy (non-hydrogen) atoms. The molecule has 0 aromatic rings. The lowest BCUT2D eigenvalue weighted by Gasteiger charge is -1.69. The zero-order valence-corrected chi connectivity index (χ0v) is 6.34. The molecule has 0 rings (SSSR count). The van der Waals surface area contributed by atoms with E-state index < -0.39 is 0 Å². The Hall–Kier alpha value is 0.500. The Kier molecular flexibility index (Phi) is 51.1. The van der Waals surface area contributed by atoms with Crippen molar-refractivity contribution in [2.75, 3.05) is 11.9 Å². The highest BCUT2D eigenvalue weighted by Gasteiger charge is 1.57. The van der Waals surface area contributed by atoms with Gasteiger partial charge in [-0.2, -0.15) is 0 Å². The SMILES string of the molecule is CCCO.ClCCl.O. The third-order valence-corrected chi connectivity index (χ3v) is 0.224. The summed E-state index contributed by atoms with van der Waals surface area (Å²) in [6.45, 7) is 2.25. The number of hydrogen-bond donors (Lipinski definition) is 1. The summed E-state index contributed by atoms with van der Waals surface area (Å²) in [4.78, 5) is 0. The standard InChI is InChI=1S/C3H8O.CH2Cl2.H2O/c1-2-3-4;2-1-3;/h4H,2-3H2,1H3;1H2;1H2. The maximum Gasteiger partial charge on any atom is 0.0967 e. The molecule has 0 radical (unpaired) electrons. The monoisotopic (exact) mass is 162 g/mol. The molecule has 0 heterocycles. The van der Waals surface area contributed by atoms with Gasteiger partial charge < -0.3 is 10.6 Å². The van der Waals surface area contributed by atoms with Crippen molar-refractivity contribution in [2.45, 2.75) is 13.3 Å². The van der Waals surface area contributed by atoms with Crippen molar-refractivity contribution in [1.29, 1.82) is 0 Å². The fourth-order valence-electron chi connectivity index (χ4n) is 0. The molecule has 0 fully saturated rings. The summed E-state index contributed by atoms with van der Waals surface area (Å²) < 4.78 is 0. The van der Waals surface area contributed by atoms with Crippen molar-refractivity contribution in [1.82, 2.24) is 0 Å². The summed E-state index contributed by atoms with van der Waals surface area (Å²) in [7, 11) is 0. The Morgan fingerprint density at radius 3 is 1.50 bits per heavy atom. The average molecular weight is 163 g/mol. The minimum absolute atomic E-state index is 0. The van der Waals surface area contributed by atoms with Gasteiger partial charge in [-0.15, -0.1) is 23.2 Å². The van der Waals surface area contributed by atoms with Gasteiger partial charge in [0.15, 0.2) is 0 Å². The first-order chi connectivity index (χ1) is 3.33. The second-order valence-electron chi connectivity index (χ2n) is 0.825. The van der Waals surface area contributed by atoms with Crippen molar-refractivity contribution in [3.8, 4) is 0 Å². The van der Waals surface area contributed by atoms with Crippen molar-refractivity contribution >= 4 is 23.2 Å². The maximum atomic E-state index is 7.88. The normalized spacial score (nSPS) is 6.00. The molecule has 0 saturated carbocycles. The first-order valence-electron chi connectivity index (χ1n) is 2.06. The van der Waals surface area contributed by atoms with Crippen LogP contribution in [0, 0.1) is 0 Å². The minimum atomic E-state index is 0. The third kappa shape index (κ3) is 87.4. The van der Waals surface area contributed by atoms with Gasteiger partial charge in [0.25, 0.3) is 0 Å². The summed E-state index contributed by atoms with van der Waals surface area (Å²) in [5.74, 6) is 0. The lowest BCUT2D eigenvalue weighted by Crippen LogP contribution is -1.69. The summed E-state index contributed by atoms with van der Waals surface area (Å²) in [6, 6.07) is 0. The molecule has 3 N–H and O–H groups in total. The van der Waals surface area contributed by atoms with Crippen LogP contribution >= 0.6 is 23.2 Å². The summed E-state index contributed by atoms with van der Waals surface area (Å²) in [5.41, 5.74) is 0. The second-order valence-corrected chi connectivity index (χ2v) is 1.63. The van der Waals surface area contributed by atoms with Crippen LogP contribution in [0.5, 0.6) is 0 Å². The van der Waals surface area contributed by atoms with Crippen molar-refractivity contribution in [3.63, 3.8) is 0 Å². The van der Waals surface area contributed by atoms with Crippen LogP contribution in [-0.2, 0) is 0 Å². The highest BCUT2D eigenvalue weighted by atomic mass is 35.5. The lowest BCUT2D eigenvalue weighted by molar-refractivity contribution is 0.295. The molecule has 0 aromatic heterocycles. The van der Waals surface area contributed by atoms with E-state index in [1.807, 2.05) is 6.92 Å². The largest absolute Gasteiger partial charge is 0.412 e. The van der Waals surface area contributed by atoms with Gasteiger partial charge in [0.05, 0.1) is 5.34 Å². The average Bonchev–Trinajstić information content (AvgIpc) is 1.69. The van der Waals surface area contributed by atoms with Crippen LogP contribution in [0.3, 0.4) is 0 Å². The maximum absolute atomic E-state index is 7.88. The Bertz CT molecular complexity index is 19.5. The van der Waals surface area contributed by atoms with Gasteiger partial charge in [-0.3, -0.25) is 0 Å². The topological polar surface area (TPSA) is 51.7 Å². The van der Waals surface area contributed by atoms with E-state index in [1.54, 1.807) is 0 Å². The number of alkyl halides is 2. The molecule has 4 heteroatoms. The van der Waals surface area contributed by atoms with Crippen LogP contribution < -0.4 is 0 Å². The summed E-state index contributed by atoms with van der Waals surface area (Å²) in [6.07, 6.45) is 0.875. The van der Waals surface area contributed by atoms with E-state index in [-0.39, 0.29) is 10.8 Å². The molecule has 0 saturated heterocycles. The number of aliphatic hydroxyl groups is 1. The highest BCUT2D eigenvalue weighted by Crippen LogP contribution is 1.73. The zero-order valence-electron chi connectivity index (χ0n) is 4.82. The van der Waals surface area contributed by atoms with Gasteiger partial charge in [0.1, 0.15) is 0 Å². The van der Waals surface area contributed by atoms with Gasteiger partial charge in [0, 0.05) is 6.61 Å². The summed E-state index contributed by atoms with van der Waals surface area (Å²) >= 11 is 9.53. The molecule has 54 valence electrons. The fraction of sp³-hybridized carbons (Fsp3) is 1.00. The molecule has 0 unspecified atom stereocenters. The first kappa shape index (κ1) is 15.8. The van der Waals surface area contributed by atoms with Crippen LogP contribution in [0.15, 0.2) is 0 Å². The molecular weight excluding hydrogens is 151 g/mol. The van der Waals surface area contributed by atoms with Gasteiger partial charge >= 0.3 is 0 Å². The van der Waals surface area contributed by atoms with Crippen LogP contribution in [0.1, 0.15) is 13.3 Å². The Morgan fingerprint density at radius 2 is 1.50 bits per heavy atom. The van der Waals surface area contributed by atoms with Gasteiger partial charge in [-0.05, 0) is 6.42 Å². The molecule has 0 aliphatic carbocycles. The fourth-order valence-corrected chi connectivity index (χ4v) is 0. The molecule has 0 aromatic carbocycles. The van der Waals surface area contributed by atoms with Crippen molar-refractivity contribution in [2.24, 2.45) is 0 Å². The molecule has 0 amide bonds. The number of hydrogen-bond acceptors (Lipinski definition) is 1. The van der Waals surface area contributed by atoms with E-state index in [9.17, 15) is 0 Å². The lowest BCUT2D eigenvalue weighted by atomic mass is 10.5. The van der Waals surface area contributed by atoms with E-state index in [0.29, 0.717) is 6.61 Å². The van der Waals surface area contributed by atoms with E-state index in [2.05, 4.69) is 0 Å². The molecule has 0 atom stereocenters. The van der Waals surface area contributed by atoms with Crippen LogP contribution in [0.25, 0.3) is 0 Å². The third-order valence-electron chi connectivity index (χ3n) is 0.224. The molecule has 2 nitrogen and oxygen atoms in total. The predicted molar refractivity (Wildman–Crippen MR) is 37.6 cm³/mol. The number of aliphatic hydroxyl groups excluding tert-OH is 1. The van der Waals surface area contributed by atoms with Crippen LogP contribution in [-0.4, -0.2) is 22.5 Å². The van der Waals surface area contributed by atoms with Crippen LogP contribution in [0.2, 0.25) is 0 Å². The van der Waals surface area contributed by atoms with E-state index in [1.165, 1.54) is 0 Å². The number of rotatable bonds is 1. The molecular formula is C4H12Cl2O2. The van der Waals surface area contributed by atoms with E-state index >= 15 is 0 Å². The molecule has 0 aliphatic rings. The Morgan fingerprint density at radius 1 is 1.38 bits per heavy atom. The molecule has 0 spiro atoms. The van der Waals surface area contributed by atoms with Crippen molar-refractivity contribution in [3.05, 3.63) is 0 Å². The van der Waals surface area contributed by atoms with E-state index in [0.717, 1.165) is 6.42 Å². The predicted octanol–water partition coefficient (Wildman–Crippen LogP) is 0.985. The first-order valence-corrected chi connectivity index (χ1v) is 3.13. The number of halogens is 2.